The van der Waals surface area contributed by atoms with E-state index in [1.807, 2.05) is 38.1 Å². The van der Waals surface area contributed by atoms with Crippen molar-refractivity contribution in [1.82, 2.24) is 14.5 Å². The maximum Gasteiger partial charge on any atom is 0.330 e. The predicted molar refractivity (Wildman–Crippen MR) is 133 cm³/mol. The zero-order chi connectivity index (χ0) is 24.0. The molecule has 10 heteroatoms. The van der Waals surface area contributed by atoms with Crippen molar-refractivity contribution >= 4 is 34.7 Å². The SMILES string of the molecule is CCCCN(C(=O)CN1CCN(c2ccc(Cl)cc2)CC1)c1c(N)n(CCC)c(=O)[nH]c1=O. The molecule has 0 bridgehead atoms. The van der Waals surface area contributed by atoms with Gasteiger partial charge in [0.1, 0.15) is 5.82 Å². The van der Waals surface area contributed by atoms with E-state index in [2.05, 4.69) is 14.8 Å². The van der Waals surface area contributed by atoms with Crippen LogP contribution in [0.4, 0.5) is 17.2 Å². The van der Waals surface area contributed by atoms with Gasteiger partial charge in [-0.25, -0.2) is 4.79 Å². The van der Waals surface area contributed by atoms with Gasteiger partial charge >= 0.3 is 5.69 Å². The number of nitrogens with two attached hydrogens (primary N) is 1. The number of nitrogens with one attached hydrogen (secondary N) is 1. The molecule has 2 heterocycles. The number of unbranched alkanes of at least 4 members (excludes halogenated alkanes) is 1. The van der Waals surface area contributed by atoms with Crippen LogP contribution in [0, 0.1) is 0 Å². The van der Waals surface area contributed by atoms with Crippen LogP contribution < -0.4 is 26.8 Å². The van der Waals surface area contributed by atoms with Gasteiger partial charge in [-0.3, -0.25) is 24.0 Å². The molecule has 9 nitrogen and oxygen atoms in total. The molecule has 33 heavy (non-hydrogen) atoms. The first-order valence-corrected chi connectivity index (χ1v) is 11.9. The average Bonchev–Trinajstić information content (AvgIpc) is 2.79. The van der Waals surface area contributed by atoms with Crippen LogP contribution in [0.25, 0.3) is 0 Å². The Balaban J connectivity index is 1.74. The third kappa shape index (κ3) is 5.97. The molecule has 1 amide bonds. The molecule has 3 N–H and O–H groups in total. The molecule has 0 radical (unpaired) electrons. The topological polar surface area (TPSA) is 108 Å². The molecule has 0 spiro atoms. The number of carbonyl (C=O) groups excluding carboxylic acids is 1. The van der Waals surface area contributed by atoms with Crippen molar-refractivity contribution in [2.24, 2.45) is 0 Å². The molecule has 1 aromatic carbocycles. The van der Waals surface area contributed by atoms with Crippen molar-refractivity contribution < 1.29 is 4.79 Å². The first-order chi connectivity index (χ1) is 15.8. The molecule has 0 saturated carbocycles. The summed E-state index contributed by atoms with van der Waals surface area (Å²) in [7, 11) is 0. The van der Waals surface area contributed by atoms with Gasteiger partial charge in [0.2, 0.25) is 5.91 Å². The van der Waals surface area contributed by atoms with E-state index in [-0.39, 0.29) is 24.0 Å². The third-order valence-electron chi connectivity index (χ3n) is 5.89. The lowest BCUT2D eigenvalue weighted by Crippen LogP contribution is -2.51. The number of amides is 1. The second-order valence-corrected chi connectivity index (χ2v) is 8.72. The number of aromatic amines is 1. The Hall–Kier alpha value is -2.78. The first-order valence-electron chi connectivity index (χ1n) is 11.5. The number of aromatic nitrogens is 2. The van der Waals surface area contributed by atoms with Crippen LogP contribution in [0.2, 0.25) is 5.02 Å². The second-order valence-electron chi connectivity index (χ2n) is 8.28. The fraction of sp³-hybridized carbons (Fsp3) is 0.522. The van der Waals surface area contributed by atoms with Crippen molar-refractivity contribution in [3.8, 4) is 0 Å². The lowest BCUT2D eigenvalue weighted by Gasteiger charge is -2.36. The Morgan fingerprint density at radius 1 is 1.09 bits per heavy atom. The minimum absolute atomic E-state index is 0.0441. The van der Waals surface area contributed by atoms with Gasteiger partial charge in [-0.2, -0.15) is 0 Å². The normalized spacial score (nSPS) is 14.5. The minimum Gasteiger partial charge on any atom is -0.383 e. The van der Waals surface area contributed by atoms with E-state index in [0.29, 0.717) is 24.5 Å². The van der Waals surface area contributed by atoms with Crippen molar-refractivity contribution in [2.75, 3.05) is 54.8 Å². The Morgan fingerprint density at radius 2 is 1.76 bits per heavy atom. The predicted octanol–water partition coefficient (Wildman–Crippen LogP) is 2.14. The molecule has 1 saturated heterocycles. The van der Waals surface area contributed by atoms with E-state index in [9.17, 15) is 14.4 Å². The van der Waals surface area contributed by atoms with Gasteiger partial charge in [-0.1, -0.05) is 31.9 Å². The number of nitrogens with zero attached hydrogens (tertiary/aromatic N) is 4. The summed E-state index contributed by atoms with van der Waals surface area (Å²) >= 11 is 5.98. The van der Waals surface area contributed by atoms with Crippen LogP contribution in [0.3, 0.4) is 0 Å². The van der Waals surface area contributed by atoms with Crippen LogP contribution in [0.15, 0.2) is 33.9 Å². The molecule has 180 valence electrons. The number of halogens is 1. The summed E-state index contributed by atoms with van der Waals surface area (Å²) < 4.78 is 1.33. The number of carbonyl (C=O) groups is 1. The molecule has 1 fully saturated rings. The van der Waals surface area contributed by atoms with Crippen LogP contribution in [-0.2, 0) is 11.3 Å². The van der Waals surface area contributed by atoms with Crippen LogP contribution in [0.5, 0.6) is 0 Å². The van der Waals surface area contributed by atoms with E-state index in [0.717, 1.165) is 44.7 Å². The first kappa shape index (κ1) is 24.9. The van der Waals surface area contributed by atoms with E-state index in [1.54, 1.807) is 0 Å². The molecule has 1 aliphatic rings. The number of H-pyrrole nitrogens is 1. The molecule has 2 aromatic rings. The zero-order valence-electron chi connectivity index (χ0n) is 19.3. The smallest absolute Gasteiger partial charge is 0.330 e. The summed E-state index contributed by atoms with van der Waals surface area (Å²) in [5, 5.41) is 0.703. The molecule has 0 atom stereocenters. The maximum absolute atomic E-state index is 13.3. The Bertz CT molecular complexity index is 1060. The number of piperazine rings is 1. The number of rotatable bonds is 9. The van der Waals surface area contributed by atoms with Gasteiger partial charge in [-0.05, 0) is 37.1 Å². The Kier molecular flexibility index (Phi) is 8.57. The van der Waals surface area contributed by atoms with Gasteiger partial charge in [0, 0.05) is 50.0 Å². The molecular weight excluding hydrogens is 444 g/mol. The summed E-state index contributed by atoms with van der Waals surface area (Å²) in [6.07, 6.45) is 2.26. The third-order valence-corrected chi connectivity index (χ3v) is 6.14. The lowest BCUT2D eigenvalue weighted by atomic mass is 10.2. The second kappa shape index (κ2) is 11.4. The monoisotopic (exact) mass is 476 g/mol. The number of hydrogen-bond acceptors (Lipinski definition) is 6. The highest BCUT2D eigenvalue weighted by Gasteiger charge is 2.26. The number of benzene rings is 1. The van der Waals surface area contributed by atoms with Crippen LogP contribution >= 0.6 is 11.6 Å². The average molecular weight is 477 g/mol. The zero-order valence-corrected chi connectivity index (χ0v) is 20.1. The highest BCUT2D eigenvalue weighted by Crippen LogP contribution is 2.21. The molecule has 3 rings (SSSR count). The van der Waals surface area contributed by atoms with Gasteiger partial charge in [0.25, 0.3) is 5.56 Å². The standard InChI is InChI=1S/C23H33ClN6O3/c1-3-5-11-29(20-21(25)30(10-4-2)23(33)26-22(20)32)19(31)16-27-12-14-28(15-13-27)18-8-6-17(24)7-9-18/h6-9H,3-5,10-16,25H2,1-2H3,(H,26,32,33). The van der Waals surface area contributed by atoms with Crippen molar-refractivity contribution in [2.45, 2.75) is 39.7 Å². The Labute approximate surface area is 198 Å². The molecule has 0 aliphatic carbocycles. The maximum atomic E-state index is 13.3. The van der Waals surface area contributed by atoms with Crippen LogP contribution in [0.1, 0.15) is 33.1 Å². The fourth-order valence-electron chi connectivity index (χ4n) is 4.05. The summed E-state index contributed by atoms with van der Waals surface area (Å²) in [6, 6.07) is 7.74. The molecule has 1 aliphatic heterocycles. The molecule has 0 unspecified atom stereocenters. The highest BCUT2D eigenvalue weighted by atomic mass is 35.5. The lowest BCUT2D eigenvalue weighted by molar-refractivity contribution is -0.119. The van der Waals surface area contributed by atoms with E-state index >= 15 is 0 Å². The Morgan fingerprint density at radius 3 is 2.36 bits per heavy atom. The van der Waals surface area contributed by atoms with Gasteiger partial charge in [0.15, 0.2) is 5.69 Å². The number of hydrogen-bond donors (Lipinski definition) is 2. The summed E-state index contributed by atoms with van der Waals surface area (Å²) in [6.45, 7) is 7.87. The molecule has 1 aromatic heterocycles. The van der Waals surface area contributed by atoms with Crippen molar-refractivity contribution in [1.29, 1.82) is 0 Å². The van der Waals surface area contributed by atoms with Crippen molar-refractivity contribution in [3.05, 3.63) is 50.1 Å². The van der Waals surface area contributed by atoms with Gasteiger partial charge in [0.05, 0.1) is 6.54 Å². The highest BCUT2D eigenvalue weighted by molar-refractivity contribution is 6.30. The molecular formula is C23H33ClN6O3. The largest absolute Gasteiger partial charge is 0.383 e. The van der Waals surface area contributed by atoms with Crippen molar-refractivity contribution in [3.63, 3.8) is 0 Å². The summed E-state index contributed by atoms with van der Waals surface area (Å²) in [5.41, 5.74) is 6.23. The number of anilines is 3. The fourth-order valence-corrected chi connectivity index (χ4v) is 4.18. The summed E-state index contributed by atoms with van der Waals surface area (Å²) in [4.78, 5) is 46.3. The van der Waals surface area contributed by atoms with Crippen LogP contribution in [-0.4, -0.2) is 59.6 Å². The van der Waals surface area contributed by atoms with E-state index in [1.165, 1.54) is 9.47 Å². The van der Waals surface area contributed by atoms with E-state index < -0.39 is 11.2 Å². The minimum atomic E-state index is -0.623. The summed E-state index contributed by atoms with van der Waals surface area (Å²) in [5.74, 6) is -0.148. The van der Waals surface area contributed by atoms with E-state index in [4.69, 9.17) is 17.3 Å². The van der Waals surface area contributed by atoms with Gasteiger partial charge < -0.3 is 15.5 Å². The number of nitrogen functional groups attached to an aromatic ring is 1. The quantitative estimate of drug-likeness (QED) is 0.574. The van der Waals surface area contributed by atoms with Gasteiger partial charge in [-0.15, -0.1) is 0 Å².